The van der Waals surface area contributed by atoms with Crippen molar-refractivity contribution in [2.45, 2.75) is 112 Å². The van der Waals surface area contributed by atoms with Crippen LogP contribution in [0.1, 0.15) is 91.5 Å². The number of benzene rings is 1. The zero-order chi connectivity index (χ0) is 26.9. The molecule has 0 aliphatic heterocycles. The summed E-state index contributed by atoms with van der Waals surface area (Å²) in [7, 11) is 0. The molecule has 0 spiro atoms. The van der Waals surface area contributed by atoms with E-state index in [2.05, 4.69) is 17.6 Å². The van der Waals surface area contributed by atoms with Gasteiger partial charge in [-0.05, 0) is 90.3 Å². The van der Waals surface area contributed by atoms with Crippen molar-refractivity contribution in [2.75, 3.05) is 0 Å². The molecule has 1 fully saturated rings. The van der Waals surface area contributed by atoms with Gasteiger partial charge in [0.25, 0.3) is 0 Å². The van der Waals surface area contributed by atoms with Crippen LogP contribution in [0, 0.1) is 25.7 Å². The lowest BCUT2D eigenvalue weighted by atomic mass is 9.93. The Morgan fingerprint density at radius 2 is 1.63 bits per heavy atom. The molecule has 1 aliphatic rings. The van der Waals surface area contributed by atoms with Crippen molar-refractivity contribution in [1.82, 2.24) is 15.5 Å². The van der Waals surface area contributed by atoms with Crippen LogP contribution in [0.4, 0.5) is 4.79 Å². The van der Waals surface area contributed by atoms with E-state index in [1.54, 1.807) is 25.7 Å². The van der Waals surface area contributed by atoms with Crippen LogP contribution in [-0.4, -0.2) is 46.0 Å². The van der Waals surface area contributed by atoms with E-state index in [9.17, 15) is 14.4 Å². The summed E-state index contributed by atoms with van der Waals surface area (Å²) in [5, 5.41) is 5.88. The number of nitrogens with zero attached hydrogens (tertiary/aromatic N) is 1. The highest BCUT2D eigenvalue weighted by atomic mass is 16.6. The monoisotopic (exact) mass is 487 g/mol. The van der Waals surface area contributed by atoms with Crippen molar-refractivity contribution in [3.05, 3.63) is 34.9 Å². The summed E-state index contributed by atoms with van der Waals surface area (Å²) in [4.78, 5) is 42.3. The number of rotatable bonds is 7. The van der Waals surface area contributed by atoms with Gasteiger partial charge >= 0.3 is 6.09 Å². The fourth-order valence-electron chi connectivity index (χ4n) is 4.21. The fourth-order valence-corrected chi connectivity index (χ4v) is 4.21. The largest absolute Gasteiger partial charge is 0.444 e. The standard InChI is InChI=1S/C28H45N3O4/c1-16(2)22(29-26(34)35-28(9,10)11)25(33)31(21-15-18(21)4)23(24(32)30-27(6,7)8)20-14-12-13-17(3)19(20)5/h12-14,16,18,21-23H,15H2,1-11H3,(H,29,34)(H,30,32). The second-order valence-electron chi connectivity index (χ2n) is 12.3. The van der Waals surface area contributed by atoms with Gasteiger partial charge in [-0.2, -0.15) is 0 Å². The number of carbonyl (C=O) groups is 3. The van der Waals surface area contributed by atoms with E-state index in [4.69, 9.17) is 4.74 Å². The second kappa shape index (κ2) is 10.6. The van der Waals surface area contributed by atoms with Crippen molar-refractivity contribution >= 4 is 17.9 Å². The van der Waals surface area contributed by atoms with Crippen molar-refractivity contribution in [3.8, 4) is 0 Å². The summed E-state index contributed by atoms with van der Waals surface area (Å²) in [6.07, 6.45) is 0.170. The first-order valence-electron chi connectivity index (χ1n) is 12.6. The molecule has 1 saturated carbocycles. The molecule has 2 N–H and O–H groups in total. The first-order valence-corrected chi connectivity index (χ1v) is 12.6. The highest BCUT2D eigenvalue weighted by Crippen LogP contribution is 2.42. The third kappa shape index (κ3) is 7.71. The lowest BCUT2D eigenvalue weighted by Crippen LogP contribution is -2.57. The van der Waals surface area contributed by atoms with E-state index in [0.29, 0.717) is 0 Å². The zero-order valence-electron chi connectivity index (χ0n) is 23.4. The Labute approximate surface area is 211 Å². The van der Waals surface area contributed by atoms with Gasteiger partial charge in [0.05, 0.1) is 0 Å². The second-order valence-corrected chi connectivity index (χ2v) is 12.3. The van der Waals surface area contributed by atoms with Crippen LogP contribution in [0.15, 0.2) is 18.2 Å². The molecular weight excluding hydrogens is 442 g/mol. The molecule has 1 aromatic carbocycles. The maximum Gasteiger partial charge on any atom is 0.408 e. The first kappa shape index (κ1) is 28.7. The molecule has 0 bridgehead atoms. The molecule has 2 rings (SSSR count). The van der Waals surface area contributed by atoms with Crippen LogP contribution < -0.4 is 10.6 Å². The molecule has 4 atom stereocenters. The quantitative estimate of drug-likeness (QED) is 0.564. The Morgan fingerprint density at radius 1 is 1.06 bits per heavy atom. The summed E-state index contributed by atoms with van der Waals surface area (Å²) in [5.41, 5.74) is 1.68. The van der Waals surface area contributed by atoms with E-state index in [1.165, 1.54) is 0 Å². The van der Waals surface area contributed by atoms with Gasteiger partial charge in [0.2, 0.25) is 11.8 Å². The molecule has 1 aliphatic carbocycles. The zero-order valence-corrected chi connectivity index (χ0v) is 23.4. The third-order valence-electron chi connectivity index (χ3n) is 6.25. The summed E-state index contributed by atoms with van der Waals surface area (Å²) in [5.74, 6) is -0.423. The number of hydrogen-bond acceptors (Lipinski definition) is 4. The van der Waals surface area contributed by atoms with E-state index in [-0.39, 0.29) is 29.7 Å². The van der Waals surface area contributed by atoms with Crippen LogP contribution in [0.5, 0.6) is 0 Å². The lowest BCUT2D eigenvalue weighted by Gasteiger charge is -2.38. The molecule has 7 nitrogen and oxygen atoms in total. The predicted octanol–water partition coefficient (Wildman–Crippen LogP) is 5.05. The minimum Gasteiger partial charge on any atom is -0.444 e. The van der Waals surface area contributed by atoms with E-state index >= 15 is 0 Å². The topological polar surface area (TPSA) is 87.7 Å². The van der Waals surface area contributed by atoms with Gasteiger partial charge in [0, 0.05) is 11.6 Å². The molecule has 196 valence electrons. The Kier molecular flexibility index (Phi) is 8.67. The van der Waals surface area contributed by atoms with Crippen molar-refractivity contribution in [2.24, 2.45) is 11.8 Å². The lowest BCUT2D eigenvalue weighted by molar-refractivity contribution is -0.144. The normalized spacial score (nSPS) is 19.5. The van der Waals surface area contributed by atoms with Crippen LogP contribution in [0.2, 0.25) is 0 Å². The summed E-state index contributed by atoms with van der Waals surface area (Å²) in [6, 6.07) is 4.14. The average Bonchev–Trinajstić information content (AvgIpc) is 3.39. The van der Waals surface area contributed by atoms with Crippen LogP contribution >= 0.6 is 0 Å². The average molecular weight is 488 g/mol. The van der Waals surface area contributed by atoms with Crippen molar-refractivity contribution in [1.29, 1.82) is 0 Å². The van der Waals surface area contributed by atoms with Gasteiger partial charge in [0.1, 0.15) is 17.7 Å². The Bertz CT molecular complexity index is 943. The molecule has 35 heavy (non-hydrogen) atoms. The van der Waals surface area contributed by atoms with Gasteiger partial charge < -0.3 is 20.3 Å². The molecule has 0 heterocycles. The summed E-state index contributed by atoms with van der Waals surface area (Å²) >= 11 is 0. The third-order valence-corrected chi connectivity index (χ3v) is 6.25. The number of nitrogens with one attached hydrogen (secondary N) is 2. The summed E-state index contributed by atoms with van der Waals surface area (Å²) in [6.45, 7) is 21.0. The number of alkyl carbamates (subject to hydrolysis) is 1. The molecule has 0 saturated heterocycles. The molecule has 3 amide bonds. The molecule has 1 aromatic rings. The van der Waals surface area contributed by atoms with Gasteiger partial charge in [-0.15, -0.1) is 0 Å². The fraction of sp³-hybridized carbons (Fsp3) is 0.679. The molecule has 0 radical (unpaired) electrons. The van der Waals surface area contributed by atoms with Gasteiger partial charge in [0.15, 0.2) is 0 Å². The first-order chi connectivity index (χ1) is 15.9. The number of carbonyl (C=O) groups excluding carboxylic acids is 3. The molecular formula is C28H45N3O4. The maximum atomic E-state index is 14.2. The molecule has 0 aromatic heterocycles. The van der Waals surface area contributed by atoms with Crippen LogP contribution in [0.3, 0.4) is 0 Å². The molecule has 7 heteroatoms. The van der Waals surface area contributed by atoms with Crippen molar-refractivity contribution in [3.63, 3.8) is 0 Å². The van der Waals surface area contributed by atoms with Gasteiger partial charge in [-0.3, -0.25) is 9.59 Å². The Hall–Kier alpha value is -2.57. The Balaban J connectivity index is 2.56. The van der Waals surface area contributed by atoms with E-state index < -0.39 is 29.3 Å². The van der Waals surface area contributed by atoms with Crippen molar-refractivity contribution < 1.29 is 19.1 Å². The smallest absolute Gasteiger partial charge is 0.408 e. The maximum absolute atomic E-state index is 14.2. The van der Waals surface area contributed by atoms with Gasteiger partial charge in [-0.1, -0.05) is 39.0 Å². The number of aryl methyl sites for hydroxylation is 1. The van der Waals surface area contributed by atoms with Gasteiger partial charge in [-0.25, -0.2) is 4.79 Å². The van der Waals surface area contributed by atoms with Crippen LogP contribution in [-0.2, 0) is 14.3 Å². The predicted molar refractivity (Wildman–Crippen MR) is 139 cm³/mol. The highest BCUT2D eigenvalue weighted by Gasteiger charge is 2.49. The minimum absolute atomic E-state index is 0.0835. The van der Waals surface area contributed by atoms with E-state index in [1.807, 2.05) is 66.7 Å². The molecule has 4 unspecified atom stereocenters. The number of amides is 3. The minimum atomic E-state index is -0.826. The highest BCUT2D eigenvalue weighted by molar-refractivity contribution is 5.93. The van der Waals surface area contributed by atoms with Crippen LogP contribution in [0.25, 0.3) is 0 Å². The number of hydrogen-bond donors (Lipinski definition) is 2. The number of ether oxygens (including phenoxy) is 1. The van der Waals surface area contributed by atoms with E-state index in [0.717, 1.165) is 23.1 Å². The summed E-state index contributed by atoms with van der Waals surface area (Å²) < 4.78 is 5.44. The Morgan fingerprint density at radius 3 is 2.09 bits per heavy atom. The SMILES string of the molecule is Cc1cccc(C(C(=O)NC(C)(C)C)N(C(=O)C(NC(=O)OC(C)(C)C)C(C)C)C2CC2C)c1C.